The summed E-state index contributed by atoms with van der Waals surface area (Å²) in [4.78, 5) is 16.4. The average molecular weight is 572 g/mol. The summed E-state index contributed by atoms with van der Waals surface area (Å²) in [6.45, 7) is 8.49. The number of fused-ring (bicyclic) bond motifs is 1. The highest BCUT2D eigenvalue weighted by Gasteiger charge is 2.33. The van der Waals surface area contributed by atoms with Crippen LogP contribution < -0.4 is 20.9 Å². The van der Waals surface area contributed by atoms with Crippen molar-refractivity contribution in [1.29, 1.82) is 10.8 Å². The molecule has 224 valence electrons. The van der Waals surface area contributed by atoms with Gasteiger partial charge >= 0.3 is 6.09 Å². The number of carbonyl (C=O) groups excluding carboxylic acids is 1. The van der Waals surface area contributed by atoms with Crippen LogP contribution in [0.3, 0.4) is 0 Å². The minimum atomic E-state index is -2.75. The lowest BCUT2D eigenvalue weighted by molar-refractivity contribution is 0.0260. The first kappa shape index (κ1) is 30.5. The number of amidine groups is 1. The lowest BCUT2D eigenvalue weighted by atomic mass is 9.91. The van der Waals surface area contributed by atoms with Gasteiger partial charge in [0.25, 0.3) is 6.43 Å². The van der Waals surface area contributed by atoms with Gasteiger partial charge in [-0.25, -0.2) is 13.6 Å². The Kier molecular flexibility index (Phi) is 9.68. The van der Waals surface area contributed by atoms with Crippen molar-refractivity contribution in [3.05, 3.63) is 46.3 Å². The molecule has 3 heterocycles. The molecule has 0 spiro atoms. The predicted molar refractivity (Wildman–Crippen MR) is 159 cm³/mol. The Balaban J connectivity index is 1.72. The van der Waals surface area contributed by atoms with Crippen LogP contribution in [0.4, 0.5) is 19.3 Å². The Bertz CT molecular complexity index is 1220. The van der Waals surface area contributed by atoms with Crippen LogP contribution in [0, 0.1) is 10.8 Å². The molecule has 1 aromatic carbocycles. The number of ether oxygens (including phenoxy) is 1. The highest BCUT2D eigenvalue weighted by atomic mass is 19.3. The molecule has 5 N–H and O–H groups in total. The number of nitrogens with zero attached hydrogens (tertiary/aromatic N) is 2. The smallest absolute Gasteiger partial charge is 0.410 e. The molecule has 0 bridgehead atoms. The third-order valence-corrected chi connectivity index (χ3v) is 7.64. The summed E-state index contributed by atoms with van der Waals surface area (Å²) in [5.74, 6) is 0.210. The van der Waals surface area contributed by atoms with E-state index in [9.17, 15) is 19.0 Å². The van der Waals surface area contributed by atoms with Crippen molar-refractivity contribution >= 4 is 29.4 Å². The van der Waals surface area contributed by atoms with Crippen molar-refractivity contribution in [2.75, 3.05) is 44.7 Å². The predicted octanol–water partition coefficient (Wildman–Crippen LogP) is 4.80. The van der Waals surface area contributed by atoms with E-state index in [4.69, 9.17) is 10.1 Å². The van der Waals surface area contributed by atoms with Crippen molar-refractivity contribution in [2.24, 2.45) is 0 Å². The quantitative estimate of drug-likeness (QED) is 0.237. The topological polar surface area (TPSA) is 117 Å². The van der Waals surface area contributed by atoms with E-state index in [-0.39, 0.29) is 24.0 Å². The summed E-state index contributed by atoms with van der Waals surface area (Å²) in [6, 6.07) is 3.48. The zero-order chi connectivity index (χ0) is 29.7. The second-order valence-corrected chi connectivity index (χ2v) is 11.8. The number of hydrogen-bond donors (Lipinski definition) is 5. The summed E-state index contributed by atoms with van der Waals surface area (Å²) in [7, 11) is 1.67. The van der Waals surface area contributed by atoms with Gasteiger partial charge in [-0.05, 0) is 82.8 Å². The van der Waals surface area contributed by atoms with Crippen LogP contribution in [0.5, 0.6) is 0 Å². The highest BCUT2D eigenvalue weighted by Crippen LogP contribution is 2.38. The van der Waals surface area contributed by atoms with Crippen molar-refractivity contribution < 1.29 is 18.3 Å². The number of hydrogen-bond acceptors (Lipinski definition) is 7. The second-order valence-electron chi connectivity index (χ2n) is 11.8. The lowest BCUT2D eigenvalue weighted by Crippen LogP contribution is -2.48. The maximum absolute atomic E-state index is 14.3. The zero-order valence-corrected chi connectivity index (χ0v) is 24.5. The summed E-state index contributed by atoms with van der Waals surface area (Å²) < 4.78 is 34.3. The molecule has 1 aromatic rings. The van der Waals surface area contributed by atoms with Crippen LogP contribution >= 0.6 is 0 Å². The monoisotopic (exact) mass is 571 g/mol. The van der Waals surface area contributed by atoms with E-state index in [1.807, 2.05) is 20.8 Å². The summed E-state index contributed by atoms with van der Waals surface area (Å²) in [5.41, 5.74) is 2.93. The fourth-order valence-electron chi connectivity index (χ4n) is 5.66. The zero-order valence-electron chi connectivity index (χ0n) is 24.5. The van der Waals surface area contributed by atoms with Crippen molar-refractivity contribution in [2.45, 2.75) is 70.9 Å². The third-order valence-electron chi connectivity index (χ3n) is 7.64. The number of carbonyl (C=O) groups is 1. The normalized spacial score (nSPS) is 18.8. The number of benzene rings is 1. The minimum absolute atomic E-state index is 0.172. The van der Waals surface area contributed by atoms with E-state index in [0.29, 0.717) is 48.3 Å². The SMILES string of the molecule is CN/C=C(\C=N)c1cc2c(cc1C(F)F)N(C(=N)C1=C(NC3CCNCC3)CCN(C(=O)OC(C)(C)C)C1)CCC2. The number of allylic oxidation sites excluding steroid dienone is 1. The van der Waals surface area contributed by atoms with Crippen LogP contribution in [0.15, 0.2) is 29.6 Å². The molecule has 9 nitrogen and oxygen atoms in total. The van der Waals surface area contributed by atoms with Crippen molar-refractivity contribution in [3.8, 4) is 0 Å². The first-order chi connectivity index (χ1) is 19.5. The van der Waals surface area contributed by atoms with Gasteiger partial charge in [-0.15, -0.1) is 0 Å². The molecular weight excluding hydrogens is 528 g/mol. The van der Waals surface area contributed by atoms with Crippen molar-refractivity contribution in [1.82, 2.24) is 20.9 Å². The number of piperidine rings is 1. The molecule has 0 atom stereocenters. The highest BCUT2D eigenvalue weighted by molar-refractivity contribution is 6.11. The summed E-state index contributed by atoms with van der Waals surface area (Å²) in [5, 5.41) is 27.0. The Morgan fingerprint density at radius 3 is 2.56 bits per heavy atom. The molecule has 1 saturated heterocycles. The molecule has 0 saturated carbocycles. The van der Waals surface area contributed by atoms with Crippen molar-refractivity contribution in [3.63, 3.8) is 0 Å². The molecule has 3 aliphatic heterocycles. The fraction of sp³-hybridized carbons (Fsp3) is 0.567. The maximum atomic E-state index is 14.3. The van der Waals surface area contributed by atoms with Gasteiger partial charge in [-0.3, -0.25) is 5.41 Å². The van der Waals surface area contributed by atoms with Crippen LogP contribution in [0.2, 0.25) is 0 Å². The van der Waals surface area contributed by atoms with Gasteiger partial charge in [0, 0.05) is 73.1 Å². The molecule has 3 aliphatic rings. The molecular formula is C30H43F2N7O2. The Hall–Kier alpha value is -3.47. The van der Waals surface area contributed by atoms with Gasteiger partial charge in [0.05, 0.1) is 6.54 Å². The lowest BCUT2D eigenvalue weighted by Gasteiger charge is -2.39. The van der Waals surface area contributed by atoms with Gasteiger partial charge in [-0.2, -0.15) is 0 Å². The number of rotatable bonds is 7. The third kappa shape index (κ3) is 7.25. The van der Waals surface area contributed by atoms with Gasteiger partial charge < -0.3 is 35.9 Å². The maximum Gasteiger partial charge on any atom is 0.410 e. The van der Waals surface area contributed by atoms with E-state index < -0.39 is 18.1 Å². The number of anilines is 1. The molecule has 41 heavy (non-hydrogen) atoms. The van der Waals surface area contributed by atoms with Crippen LogP contribution in [0.1, 0.15) is 69.6 Å². The first-order valence-electron chi connectivity index (χ1n) is 14.4. The van der Waals surface area contributed by atoms with E-state index in [1.165, 1.54) is 6.07 Å². The number of alkyl halides is 2. The number of nitrogens with one attached hydrogen (secondary N) is 5. The number of aryl methyl sites for hydroxylation is 1. The second kappa shape index (κ2) is 13.0. The minimum Gasteiger partial charge on any atom is -0.444 e. The molecule has 1 amide bonds. The molecule has 0 radical (unpaired) electrons. The van der Waals surface area contributed by atoms with Crippen LogP contribution in [0.25, 0.3) is 5.57 Å². The molecule has 4 rings (SSSR count). The van der Waals surface area contributed by atoms with Gasteiger partial charge in [0.2, 0.25) is 0 Å². The van der Waals surface area contributed by atoms with E-state index in [0.717, 1.165) is 49.8 Å². The molecule has 0 aliphatic carbocycles. The number of amides is 1. The Morgan fingerprint density at radius 2 is 1.93 bits per heavy atom. The molecule has 0 unspecified atom stereocenters. The van der Waals surface area contributed by atoms with E-state index >= 15 is 0 Å². The van der Waals surface area contributed by atoms with Gasteiger partial charge in [0.15, 0.2) is 0 Å². The van der Waals surface area contributed by atoms with E-state index in [2.05, 4.69) is 16.0 Å². The largest absolute Gasteiger partial charge is 0.444 e. The Labute approximate surface area is 241 Å². The molecule has 11 heteroatoms. The van der Waals surface area contributed by atoms with Gasteiger partial charge in [0.1, 0.15) is 11.4 Å². The average Bonchev–Trinajstić information content (AvgIpc) is 2.94. The standard InChI is InChI=1S/C30H43F2N7O2/c1-30(2,3)41-29(40)38-13-9-25(37-21-7-10-36-11-8-21)24(18-38)28(34)39-12-5-6-19-14-22(20(16-33)17-35-4)23(27(31)32)15-26(19)39/h14-17,21,27,33-37H,5-13,18H2,1-4H3/b20-17+,33-16?,34-28?. The fourth-order valence-corrected chi connectivity index (χ4v) is 5.66. The van der Waals surface area contributed by atoms with Gasteiger partial charge in [-0.1, -0.05) is 0 Å². The summed E-state index contributed by atoms with van der Waals surface area (Å²) >= 11 is 0. The molecule has 1 fully saturated rings. The van der Waals surface area contributed by atoms with E-state index in [1.54, 1.807) is 29.1 Å². The Morgan fingerprint density at radius 1 is 1.20 bits per heavy atom. The molecule has 0 aromatic heterocycles. The first-order valence-corrected chi connectivity index (χ1v) is 14.4. The summed E-state index contributed by atoms with van der Waals surface area (Å²) in [6.07, 6.45) is 3.35. The van der Waals surface area contributed by atoms with Crippen LogP contribution in [-0.2, 0) is 11.2 Å². The number of halogens is 2. The van der Waals surface area contributed by atoms with Crippen LogP contribution in [-0.4, -0.2) is 74.5 Å².